The molecule has 1 fully saturated rings. The smallest absolute Gasteiger partial charge is 0.238 e. The Morgan fingerprint density at radius 3 is 1.91 bits per heavy atom. The lowest BCUT2D eigenvalue weighted by Gasteiger charge is -2.39. The van der Waals surface area contributed by atoms with Gasteiger partial charge in [0.25, 0.3) is 0 Å². The molecule has 3 heterocycles. The number of ether oxygens (including phenoxy) is 2. The van der Waals surface area contributed by atoms with Gasteiger partial charge in [0.2, 0.25) is 6.71 Å². The number of aromatic nitrogens is 1. The molecule has 8 aromatic rings. The quantitative estimate of drug-likeness (QED) is 0.169. The highest BCUT2D eigenvalue weighted by molar-refractivity contribution is 6.91. The predicted octanol–water partition coefficient (Wildman–Crippen LogP) is 11.2. The number of hydrogen-bond donors (Lipinski definition) is 0. The van der Waals surface area contributed by atoms with Gasteiger partial charge in [-0.05, 0) is 124 Å². The second-order valence-electron chi connectivity index (χ2n) is 16.2. The molecule has 3 atom stereocenters. The summed E-state index contributed by atoms with van der Waals surface area (Å²) >= 11 is 0. The molecule has 0 radical (unpaired) electrons. The van der Waals surface area contributed by atoms with Crippen LogP contribution in [0.4, 0.5) is 0 Å². The number of hydrogen-bond acceptors (Lipinski definition) is 2. The van der Waals surface area contributed by atoms with Crippen molar-refractivity contribution in [3.8, 4) is 39.4 Å². The Morgan fingerprint density at radius 1 is 0.571 bits per heavy atom. The van der Waals surface area contributed by atoms with E-state index in [1.165, 1.54) is 82.8 Å². The average Bonchev–Trinajstić information content (AvgIpc) is 3.75. The van der Waals surface area contributed by atoms with Crippen LogP contribution in [0, 0.1) is 26.7 Å². The summed E-state index contributed by atoms with van der Waals surface area (Å²) in [6, 6.07) is 55.4. The van der Waals surface area contributed by atoms with Gasteiger partial charge in [-0.25, -0.2) is 0 Å². The molecule has 0 N–H and O–H groups in total. The number of para-hydroxylation sites is 2. The van der Waals surface area contributed by atoms with Gasteiger partial charge in [-0.1, -0.05) is 121 Å². The Labute approximate surface area is 327 Å². The first kappa shape index (κ1) is 31.8. The van der Waals surface area contributed by atoms with Crippen LogP contribution in [0.2, 0.25) is 5.31 Å². The molecule has 1 saturated carbocycles. The maximum absolute atomic E-state index is 7.13. The Kier molecular flexibility index (Phi) is 6.53. The van der Waals surface area contributed by atoms with E-state index in [0.29, 0.717) is 0 Å². The lowest BCUT2D eigenvalue weighted by Crippen LogP contribution is -2.56. The van der Waals surface area contributed by atoms with Crippen molar-refractivity contribution in [2.24, 2.45) is 5.92 Å². The van der Waals surface area contributed by atoms with E-state index in [4.69, 9.17) is 9.47 Å². The van der Waals surface area contributed by atoms with Crippen LogP contribution in [0.1, 0.15) is 22.3 Å². The van der Waals surface area contributed by atoms with Gasteiger partial charge in [0.15, 0.2) is 0 Å². The Hall–Kier alpha value is -6.52. The summed E-state index contributed by atoms with van der Waals surface area (Å²) in [5.74, 6) is 3.12. The van der Waals surface area contributed by atoms with E-state index in [1.54, 1.807) is 0 Å². The molecule has 1 spiro atoms. The molecule has 2 aliphatic carbocycles. The maximum Gasteiger partial charge on any atom is 0.238 e. The fourth-order valence-electron chi connectivity index (χ4n) is 10.6. The van der Waals surface area contributed by atoms with E-state index in [2.05, 4.69) is 189 Å². The molecule has 4 aliphatic rings. The SMILES string of the molecule is Cc1ccccc1-c1ccc2c(c1)OC1=CC(c3ccc(-n4c5ccccc5c5ccccc54)cc3)=CC3C4Oc5cc(-c6c(C)cccc6C)ccc5B2C134. The lowest BCUT2D eigenvalue weighted by atomic mass is 9.28. The van der Waals surface area contributed by atoms with Gasteiger partial charge >= 0.3 is 0 Å². The zero-order valence-corrected chi connectivity index (χ0v) is 31.6. The summed E-state index contributed by atoms with van der Waals surface area (Å²) in [4.78, 5) is 0. The fraction of sp³-hybridized carbons (Fsp3) is 0.115. The molecule has 266 valence electrons. The number of aryl methyl sites for hydroxylation is 3. The van der Waals surface area contributed by atoms with Crippen molar-refractivity contribution >= 4 is 45.0 Å². The van der Waals surface area contributed by atoms with Crippen molar-refractivity contribution in [1.82, 2.24) is 4.57 Å². The molecule has 12 rings (SSSR count). The number of allylic oxidation sites excluding steroid dienone is 2. The minimum Gasteiger partial charge on any atom is -0.490 e. The minimum atomic E-state index is -0.281. The molecule has 0 amide bonds. The Bertz CT molecular complexity index is 2970. The largest absolute Gasteiger partial charge is 0.490 e. The third-order valence-electron chi connectivity index (χ3n) is 13.2. The number of fused-ring (bicyclic) bond motifs is 8. The molecule has 2 aliphatic heterocycles. The van der Waals surface area contributed by atoms with Crippen LogP contribution < -0.4 is 20.4 Å². The Balaban J connectivity index is 0.988. The van der Waals surface area contributed by atoms with Gasteiger partial charge in [0.05, 0.1) is 16.3 Å². The number of nitrogens with zero attached hydrogens (tertiary/aromatic N) is 1. The standard InChI is InChI=1S/C52H38BNO2/c1-31-11-4-5-14-39(31)35-21-25-43-47(28-35)55-49-30-37(34-19-23-38(24-20-34)54-45-17-8-6-15-40(45)41-16-7-9-18-46(41)54)27-42-51-52(42,49)53(43)44-26-22-36(29-48(44)56-51)50-32(2)12-10-13-33(50)3/h4-30,42,51H,1-3H3. The highest BCUT2D eigenvalue weighted by Crippen LogP contribution is 2.73. The minimum absolute atomic E-state index is 0.0157. The zero-order valence-electron chi connectivity index (χ0n) is 31.6. The van der Waals surface area contributed by atoms with Crippen molar-refractivity contribution < 1.29 is 9.47 Å². The van der Waals surface area contributed by atoms with Crippen molar-refractivity contribution in [2.75, 3.05) is 0 Å². The van der Waals surface area contributed by atoms with E-state index in [-0.39, 0.29) is 24.0 Å². The van der Waals surface area contributed by atoms with Crippen molar-refractivity contribution in [3.63, 3.8) is 0 Å². The summed E-state index contributed by atoms with van der Waals surface area (Å²) in [5, 5.41) is 2.26. The normalized spacial score (nSPS) is 19.9. The van der Waals surface area contributed by atoms with E-state index in [1.807, 2.05) is 0 Å². The van der Waals surface area contributed by atoms with E-state index < -0.39 is 0 Å². The first-order chi connectivity index (χ1) is 27.5. The van der Waals surface area contributed by atoms with E-state index >= 15 is 0 Å². The van der Waals surface area contributed by atoms with Crippen LogP contribution >= 0.6 is 0 Å². The Morgan fingerprint density at radius 2 is 1.18 bits per heavy atom. The second kappa shape index (κ2) is 11.5. The van der Waals surface area contributed by atoms with Gasteiger partial charge < -0.3 is 14.0 Å². The third-order valence-corrected chi connectivity index (χ3v) is 13.2. The first-order valence-corrected chi connectivity index (χ1v) is 19.8. The van der Waals surface area contributed by atoms with Crippen LogP contribution in [0.15, 0.2) is 170 Å². The predicted molar refractivity (Wildman–Crippen MR) is 231 cm³/mol. The average molecular weight is 720 g/mol. The lowest BCUT2D eigenvalue weighted by molar-refractivity contribution is 0.268. The summed E-state index contributed by atoms with van der Waals surface area (Å²) in [5.41, 5.74) is 17.1. The van der Waals surface area contributed by atoms with Crippen LogP contribution in [-0.4, -0.2) is 17.4 Å². The van der Waals surface area contributed by atoms with Crippen molar-refractivity contribution in [3.05, 3.63) is 192 Å². The van der Waals surface area contributed by atoms with E-state index in [0.717, 1.165) is 22.9 Å². The molecule has 7 aromatic carbocycles. The molecule has 3 nitrogen and oxygen atoms in total. The molecule has 1 aromatic heterocycles. The van der Waals surface area contributed by atoms with Crippen molar-refractivity contribution in [2.45, 2.75) is 32.2 Å². The van der Waals surface area contributed by atoms with Crippen LogP contribution in [0.25, 0.3) is 55.3 Å². The summed E-state index contributed by atoms with van der Waals surface area (Å²) in [6.07, 6.45) is 4.75. The van der Waals surface area contributed by atoms with Gasteiger partial charge in [0.1, 0.15) is 23.4 Å². The first-order valence-electron chi connectivity index (χ1n) is 19.8. The highest BCUT2D eigenvalue weighted by atomic mass is 16.5. The zero-order chi connectivity index (χ0) is 37.3. The monoisotopic (exact) mass is 719 g/mol. The highest BCUT2D eigenvalue weighted by Gasteiger charge is 2.78. The third kappa shape index (κ3) is 4.30. The van der Waals surface area contributed by atoms with Gasteiger partial charge in [-0.3, -0.25) is 0 Å². The topological polar surface area (TPSA) is 23.4 Å². The van der Waals surface area contributed by atoms with Crippen LogP contribution in [0.5, 0.6) is 11.5 Å². The summed E-state index contributed by atoms with van der Waals surface area (Å²) in [6.45, 7) is 6.70. The van der Waals surface area contributed by atoms with Crippen LogP contribution in [-0.2, 0) is 0 Å². The van der Waals surface area contributed by atoms with Crippen molar-refractivity contribution in [1.29, 1.82) is 0 Å². The molecule has 0 saturated heterocycles. The summed E-state index contributed by atoms with van der Waals surface area (Å²) in [7, 11) is 0. The molecule has 3 unspecified atom stereocenters. The maximum atomic E-state index is 7.13. The van der Waals surface area contributed by atoms with E-state index in [9.17, 15) is 0 Å². The fourth-order valence-corrected chi connectivity index (χ4v) is 10.6. The van der Waals surface area contributed by atoms with Gasteiger partial charge in [-0.2, -0.15) is 0 Å². The summed E-state index contributed by atoms with van der Waals surface area (Å²) < 4.78 is 16.6. The molecule has 4 heteroatoms. The van der Waals surface area contributed by atoms with Gasteiger partial charge in [-0.15, -0.1) is 0 Å². The molecular formula is C52H38BNO2. The molecular weight excluding hydrogens is 681 g/mol. The number of rotatable bonds is 4. The van der Waals surface area contributed by atoms with Crippen LogP contribution in [0.3, 0.4) is 0 Å². The second-order valence-corrected chi connectivity index (χ2v) is 16.2. The molecule has 0 bridgehead atoms. The van der Waals surface area contributed by atoms with Gasteiger partial charge in [0, 0.05) is 22.4 Å². The number of benzene rings is 7. The molecule has 56 heavy (non-hydrogen) atoms.